The molecule has 0 aromatic heterocycles. The van der Waals surface area contributed by atoms with Crippen molar-refractivity contribution in [2.24, 2.45) is 0 Å². The Hall–Kier alpha value is -0.0400. The van der Waals surface area contributed by atoms with Gasteiger partial charge in [0.25, 0.3) is 0 Å². The van der Waals surface area contributed by atoms with Crippen molar-refractivity contribution in [3.8, 4) is 0 Å². The van der Waals surface area contributed by atoms with Crippen LogP contribution in [0.15, 0.2) is 0 Å². The molecule has 80 valence electrons. The Morgan fingerprint density at radius 2 is 1.69 bits per heavy atom. The van der Waals surface area contributed by atoms with Crippen LogP contribution in [-0.2, 0) is 4.74 Å². The number of unbranched alkanes of at least 4 members (excludes halogenated alkanes) is 3. The van der Waals surface area contributed by atoms with E-state index in [0.717, 1.165) is 13.0 Å². The van der Waals surface area contributed by atoms with E-state index in [4.69, 9.17) is 4.74 Å². The summed E-state index contributed by atoms with van der Waals surface area (Å²) < 4.78 is 5.72. The van der Waals surface area contributed by atoms with Gasteiger partial charge in [0, 0.05) is 6.61 Å². The highest BCUT2D eigenvalue weighted by molar-refractivity contribution is 4.55. The van der Waals surface area contributed by atoms with Gasteiger partial charge in [-0.2, -0.15) is 0 Å². The molecular formula is C12H26O. The van der Waals surface area contributed by atoms with Gasteiger partial charge in [-0.1, -0.05) is 46.5 Å². The predicted molar refractivity (Wildman–Crippen MR) is 59.1 cm³/mol. The quantitative estimate of drug-likeness (QED) is 0.491. The third-order valence-electron chi connectivity index (χ3n) is 2.39. The molecule has 0 saturated carbocycles. The summed E-state index contributed by atoms with van der Waals surface area (Å²) in [5, 5.41) is 0. The SMILES string of the molecule is CCCCCC[C@H](CC)OCCC. The van der Waals surface area contributed by atoms with E-state index in [2.05, 4.69) is 20.8 Å². The van der Waals surface area contributed by atoms with Crippen LogP contribution in [0.2, 0.25) is 0 Å². The molecule has 0 spiro atoms. The van der Waals surface area contributed by atoms with E-state index in [1.165, 1.54) is 38.5 Å². The molecule has 0 aliphatic heterocycles. The summed E-state index contributed by atoms with van der Waals surface area (Å²) in [6.07, 6.45) is 9.53. The first kappa shape index (κ1) is 13.0. The van der Waals surface area contributed by atoms with E-state index in [1.807, 2.05) is 0 Å². The van der Waals surface area contributed by atoms with E-state index >= 15 is 0 Å². The van der Waals surface area contributed by atoms with Crippen molar-refractivity contribution < 1.29 is 4.74 Å². The zero-order valence-corrected chi connectivity index (χ0v) is 9.64. The maximum Gasteiger partial charge on any atom is 0.0572 e. The van der Waals surface area contributed by atoms with Crippen LogP contribution in [0.4, 0.5) is 0 Å². The normalized spacial score (nSPS) is 13.2. The Morgan fingerprint density at radius 1 is 0.923 bits per heavy atom. The monoisotopic (exact) mass is 186 g/mol. The van der Waals surface area contributed by atoms with Gasteiger partial charge in [-0.25, -0.2) is 0 Å². The summed E-state index contributed by atoms with van der Waals surface area (Å²) in [6.45, 7) is 7.58. The molecule has 0 saturated heterocycles. The Kier molecular flexibility index (Phi) is 10.0. The average Bonchev–Trinajstić information content (AvgIpc) is 2.17. The van der Waals surface area contributed by atoms with Gasteiger partial charge in [0.1, 0.15) is 0 Å². The molecule has 0 unspecified atom stereocenters. The summed E-state index contributed by atoms with van der Waals surface area (Å²) in [5.74, 6) is 0. The fourth-order valence-electron chi connectivity index (χ4n) is 1.49. The molecule has 0 rings (SSSR count). The first-order valence-corrected chi connectivity index (χ1v) is 5.96. The molecule has 0 heterocycles. The van der Waals surface area contributed by atoms with Crippen LogP contribution in [0.1, 0.15) is 65.7 Å². The van der Waals surface area contributed by atoms with Crippen LogP contribution in [0.3, 0.4) is 0 Å². The van der Waals surface area contributed by atoms with Crippen LogP contribution >= 0.6 is 0 Å². The molecule has 1 atom stereocenters. The van der Waals surface area contributed by atoms with Crippen LogP contribution in [0.25, 0.3) is 0 Å². The largest absolute Gasteiger partial charge is 0.378 e. The maximum atomic E-state index is 5.72. The Bertz CT molecular complexity index is 91.1. The second-order valence-electron chi connectivity index (χ2n) is 3.75. The van der Waals surface area contributed by atoms with E-state index in [1.54, 1.807) is 0 Å². The Balaban J connectivity index is 3.25. The topological polar surface area (TPSA) is 9.23 Å². The van der Waals surface area contributed by atoms with Crippen LogP contribution < -0.4 is 0 Å². The maximum absolute atomic E-state index is 5.72. The van der Waals surface area contributed by atoms with Crippen molar-refractivity contribution in [3.63, 3.8) is 0 Å². The molecule has 0 fully saturated rings. The fourth-order valence-corrected chi connectivity index (χ4v) is 1.49. The first-order chi connectivity index (χ1) is 6.35. The van der Waals surface area contributed by atoms with Crippen molar-refractivity contribution >= 4 is 0 Å². The highest BCUT2D eigenvalue weighted by Crippen LogP contribution is 2.11. The molecule has 1 nitrogen and oxygen atoms in total. The highest BCUT2D eigenvalue weighted by Gasteiger charge is 2.04. The number of hydrogen-bond donors (Lipinski definition) is 0. The zero-order valence-electron chi connectivity index (χ0n) is 9.64. The van der Waals surface area contributed by atoms with Crippen molar-refractivity contribution in [1.29, 1.82) is 0 Å². The second kappa shape index (κ2) is 10.0. The van der Waals surface area contributed by atoms with Crippen molar-refractivity contribution in [2.45, 2.75) is 71.8 Å². The number of rotatable bonds is 9. The van der Waals surface area contributed by atoms with E-state index in [9.17, 15) is 0 Å². The summed E-state index contributed by atoms with van der Waals surface area (Å²) in [5.41, 5.74) is 0. The lowest BCUT2D eigenvalue weighted by atomic mass is 10.1. The molecule has 0 aromatic carbocycles. The molecule has 1 heteroatoms. The van der Waals surface area contributed by atoms with Gasteiger partial charge >= 0.3 is 0 Å². The van der Waals surface area contributed by atoms with E-state index in [-0.39, 0.29) is 0 Å². The van der Waals surface area contributed by atoms with Crippen LogP contribution in [0.5, 0.6) is 0 Å². The van der Waals surface area contributed by atoms with Gasteiger partial charge in [0.2, 0.25) is 0 Å². The molecule has 0 radical (unpaired) electrons. The summed E-state index contributed by atoms with van der Waals surface area (Å²) in [7, 11) is 0. The number of ether oxygens (including phenoxy) is 1. The lowest BCUT2D eigenvalue weighted by Gasteiger charge is -2.15. The first-order valence-electron chi connectivity index (χ1n) is 5.96. The molecular weight excluding hydrogens is 160 g/mol. The summed E-state index contributed by atoms with van der Waals surface area (Å²) in [4.78, 5) is 0. The van der Waals surface area contributed by atoms with Gasteiger partial charge in [-0.3, -0.25) is 0 Å². The molecule has 0 amide bonds. The molecule has 0 bridgehead atoms. The zero-order chi connectivity index (χ0) is 9.94. The molecule has 0 N–H and O–H groups in total. The van der Waals surface area contributed by atoms with Gasteiger partial charge in [0.05, 0.1) is 6.10 Å². The van der Waals surface area contributed by atoms with Crippen molar-refractivity contribution in [1.82, 2.24) is 0 Å². The lowest BCUT2D eigenvalue weighted by Crippen LogP contribution is -2.12. The minimum Gasteiger partial charge on any atom is -0.378 e. The third-order valence-corrected chi connectivity index (χ3v) is 2.39. The summed E-state index contributed by atoms with van der Waals surface area (Å²) in [6, 6.07) is 0. The van der Waals surface area contributed by atoms with Gasteiger partial charge < -0.3 is 4.74 Å². The van der Waals surface area contributed by atoms with Crippen molar-refractivity contribution in [3.05, 3.63) is 0 Å². The molecule has 0 aliphatic carbocycles. The third kappa shape index (κ3) is 8.29. The molecule has 0 aliphatic rings. The number of hydrogen-bond acceptors (Lipinski definition) is 1. The molecule has 13 heavy (non-hydrogen) atoms. The molecule has 0 aromatic rings. The van der Waals surface area contributed by atoms with Crippen LogP contribution in [0, 0.1) is 0 Å². The van der Waals surface area contributed by atoms with Gasteiger partial charge in [0.15, 0.2) is 0 Å². The van der Waals surface area contributed by atoms with E-state index < -0.39 is 0 Å². The van der Waals surface area contributed by atoms with Gasteiger partial charge in [-0.05, 0) is 19.3 Å². The highest BCUT2D eigenvalue weighted by atomic mass is 16.5. The standard InChI is InChI=1S/C12H26O/c1-4-7-8-9-10-12(6-3)13-11-5-2/h12H,4-11H2,1-3H3/t12-/m0/s1. The van der Waals surface area contributed by atoms with Gasteiger partial charge in [-0.15, -0.1) is 0 Å². The fraction of sp³-hybridized carbons (Fsp3) is 1.00. The van der Waals surface area contributed by atoms with Crippen molar-refractivity contribution in [2.75, 3.05) is 6.61 Å². The summed E-state index contributed by atoms with van der Waals surface area (Å²) >= 11 is 0. The van der Waals surface area contributed by atoms with E-state index in [0.29, 0.717) is 6.10 Å². The lowest BCUT2D eigenvalue weighted by molar-refractivity contribution is 0.0436. The smallest absolute Gasteiger partial charge is 0.0572 e. The minimum absolute atomic E-state index is 0.525. The Labute approximate surface area is 83.9 Å². The minimum atomic E-state index is 0.525. The Morgan fingerprint density at radius 3 is 2.23 bits per heavy atom. The average molecular weight is 186 g/mol. The van der Waals surface area contributed by atoms with Crippen LogP contribution in [-0.4, -0.2) is 12.7 Å². The predicted octanol–water partition coefficient (Wildman–Crippen LogP) is 4.16. The second-order valence-corrected chi connectivity index (χ2v) is 3.75.